The first kappa shape index (κ1) is 17.1. The van der Waals surface area contributed by atoms with Gasteiger partial charge in [0, 0.05) is 12.3 Å². The molecule has 0 saturated carbocycles. The fourth-order valence-electron chi connectivity index (χ4n) is 2.99. The van der Waals surface area contributed by atoms with Crippen LogP contribution in [0.2, 0.25) is 0 Å². The molecule has 24 heavy (non-hydrogen) atoms. The van der Waals surface area contributed by atoms with Crippen LogP contribution in [-0.4, -0.2) is 31.7 Å². The van der Waals surface area contributed by atoms with Gasteiger partial charge in [-0.25, -0.2) is 4.39 Å². The predicted octanol–water partition coefficient (Wildman–Crippen LogP) is 2.09. The fourth-order valence-corrected chi connectivity index (χ4v) is 3.77. The van der Waals surface area contributed by atoms with Crippen molar-refractivity contribution >= 4 is 22.9 Å². The second kappa shape index (κ2) is 8.37. The number of carbonyl (C=O) groups is 1. The molecular formula is C18H22FN2O2S+. The van der Waals surface area contributed by atoms with Crippen LogP contribution in [0.15, 0.2) is 41.8 Å². The third-order valence-corrected chi connectivity index (χ3v) is 4.94. The Bertz CT molecular complexity index is 657. The molecule has 2 N–H and O–H groups in total. The van der Waals surface area contributed by atoms with Gasteiger partial charge in [-0.15, -0.1) is 11.3 Å². The number of nitrogens with one attached hydrogen (secondary N) is 2. The summed E-state index contributed by atoms with van der Waals surface area (Å²) in [6.07, 6.45) is 2.37. The summed E-state index contributed by atoms with van der Waals surface area (Å²) in [5.74, 6) is -0.458. The molecule has 2 aromatic rings. The quantitative estimate of drug-likeness (QED) is 0.804. The molecule has 0 radical (unpaired) electrons. The van der Waals surface area contributed by atoms with Gasteiger partial charge in [-0.1, -0.05) is 12.1 Å². The summed E-state index contributed by atoms with van der Waals surface area (Å²) >= 11 is 1.70. The molecule has 1 aromatic heterocycles. The molecule has 2 atom stereocenters. The van der Waals surface area contributed by atoms with Crippen molar-refractivity contribution in [1.29, 1.82) is 0 Å². The van der Waals surface area contributed by atoms with E-state index in [2.05, 4.69) is 11.4 Å². The highest BCUT2D eigenvalue weighted by atomic mass is 32.1. The molecule has 0 aliphatic carbocycles. The van der Waals surface area contributed by atoms with Crippen molar-refractivity contribution in [3.05, 3.63) is 52.5 Å². The second-order valence-corrected chi connectivity index (χ2v) is 7.11. The van der Waals surface area contributed by atoms with Gasteiger partial charge in [-0.2, -0.15) is 0 Å². The number of quaternary nitrogens is 1. The summed E-state index contributed by atoms with van der Waals surface area (Å²) in [6.45, 7) is 2.77. The molecule has 4 nitrogen and oxygen atoms in total. The van der Waals surface area contributed by atoms with E-state index >= 15 is 0 Å². The number of carbonyl (C=O) groups excluding carboxylic acids is 1. The molecule has 1 aliphatic heterocycles. The molecule has 128 valence electrons. The van der Waals surface area contributed by atoms with Crippen LogP contribution in [0.5, 0.6) is 0 Å². The first-order valence-electron chi connectivity index (χ1n) is 8.22. The van der Waals surface area contributed by atoms with Crippen molar-refractivity contribution in [1.82, 2.24) is 0 Å². The van der Waals surface area contributed by atoms with E-state index in [1.807, 2.05) is 11.4 Å². The summed E-state index contributed by atoms with van der Waals surface area (Å²) in [4.78, 5) is 14.8. The number of hydrogen-bond acceptors (Lipinski definition) is 3. The Kier molecular flexibility index (Phi) is 5.96. The van der Waals surface area contributed by atoms with E-state index in [1.165, 1.54) is 21.9 Å². The molecule has 1 saturated heterocycles. The van der Waals surface area contributed by atoms with Gasteiger partial charge in [0.2, 0.25) is 0 Å². The van der Waals surface area contributed by atoms with Crippen molar-refractivity contribution in [2.45, 2.75) is 25.5 Å². The Morgan fingerprint density at radius 1 is 1.38 bits per heavy atom. The maximum absolute atomic E-state index is 13.2. The van der Waals surface area contributed by atoms with Crippen LogP contribution in [-0.2, 0) is 16.1 Å². The van der Waals surface area contributed by atoms with E-state index in [1.54, 1.807) is 23.5 Å². The van der Waals surface area contributed by atoms with Gasteiger partial charge in [0.05, 0.1) is 4.88 Å². The second-order valence-electron chi connectivity index (χ2n) is 6.08. The highest BCUT2D eigenvalue weighted by molar-refractivity contribution is 7.09. The van der Waals surface area contributed by atoms with Gasteiger partial charge in [0.25, 0.3) is 5.91 Å². The van der Waals surface area contributed by atoms with Crippen LogP contribution >= 0.6 is 11.3 Å². The number of thiophene rings is 1. The number of ether oxygens (including phenoxy) is 1. The molecule has 0 bridgehead atoms. The van der Waals surface area contributed by atoms with Crippen molar-refractivity contribution in [3.63, 3.8) is 0 Å². The zero-order valence-corrected chi connectivity index (χ0v) is 14.3. The van der Waals surface area contributed by atoms with E-state index in [0.717, 1.165) is 32.5 Å². The maximum atomic E-state index is 13.2. The normalized spacial score (nSPS) is 18.5. The monoisotopic (exact) mass is 349 g/mol. The predicted molar refractivity (Wildman–Crippen MR) is 92.7 cm³/mol. The molecule has 6 heteroatoms. The number of halogens is 1. The number of hydrogen-bond donors (Lipinski definition) is 2. The van der Waals surface area contributed by atoms with Crippen molar-refractivity contribution in [3.8, 4) is 0 Å². The minimum atomic E-state index is -0.352. The molecule has 1 aliphatic rings. The topological polar surface area (TPSA) is 42.8 Å². The molecule has 1 aromatic carbocycles. The SMILES string of the molecule is O=C(C[NH+](Cc1cccs1)C[C@H]1CCCO1)Nc1cccc(F)c1. The average molecular weight is 349 g/mol. The Hall–Kier alpha value is -1.76. The standard InChI is InChI=1S/C18H21FN2O2S/c19-14-4-1-5-15(10-14)20-18(22)13-21(11-16-6-2-8-23-16)12-17-7-3-9-24-17/h1,3-5,7,9-10,16H,2,6,8,11-13H2,(H,20,22)/p+1/t16-/m1/s1. The summed E-state index contributed by atoms with van der Waals surface area (Å²) < 4.78 is 19.0. The average Bonchev–Trinajstić information content (AvgIpc) is 3.21. The Morgan fingerprint density at radius 3 is 3.00 bits per heavy atom. The summed E-state index contributed by atoms with van der Waals surface area (Å²) in [6, 6.07) is 10.1. The minimum absolute atomic E-state index is 0.106. The molecular weight excluding hydrogens is 327 g/mol. The highest BCUT2D eigenvalue weighted by Gasteiger charge is 2.24. The van der Waals surface area contributed by atoms with Gasteiger partial charge in [-0.05, 0) is 42.5 Å². The van der Waals surface area contributed by atoms with E-state index < -0.39 is 0 Å². The van der Waals surface area contributed by atoms with Gasteiger partial charge in [0.15, 0.2) is 6.54 Å². The third kappa shape index (κ3) is 5.12. The number of amides is 1. The lowest BCUT2D eigenvalue weighted by Crippen LogP contribution is -3.12. The first-order chi connectivity index (χ1) is 11.7. The molecule has 1 amide bonds. The Morgan fingerprint density at radius 2 is 2.29 bits per heavy atom. The minimum Gasteiger partial charge on any atom is -0.372 e. The van der Waals surface area contributed by atoms with E-state index in [4.69, 9.17) is 4.74 Å². The fraction of sp³-hybridized carbons (Fsp3) is 0.389. The number of rotatable bonds is 7. The highest BCUT2D eigenvalue weighted by Crippen LogP contribution is 2.11. The van der Waals surface area contributed by atoms with Crippen LogP contribution in [0.25, 0.3) is 0 Å². The number of benzene rings is 1. The number of anilines is 1. The summed E-state index contributed by atoms with van der Waals surface area (Å²) in [5, 5.41) is 4.83. The lowest BCUT2D eigenvalue weighted by Gasteiger charge is -2.21. The molecule has 3 rings (SSSR count). The molecule has 0 spiro atoms. The van der Waals surface area contributed by atoms with Crippen LogP contribution in [0.1, 0.15) is 17.7 Å². The molecule has 2 heterocycles. The van der Waals surface area contributed by atoms with E-state index in [0.29, 0.717) is 12.2 Å². The Labute approximate surface area is 145 Å². The van der Waals surface area contributed by atoms with Crippen LogP contribution < -0.4 is 10.2 Å². The maximum Gasteiger partial charge on any atom is 0.279 e. The Balaban J connectivity index is 1.60. The lowest BCUT2D eigenvalue weighted by molar-refractivity contribution is -0.908. The largest absolute Gasteiger partial charge is 0.372 e. The van der Waals surface area contributed by atoms with Crippen LogP contribution in [0, 0.1) is 5.82 Å². The zero-order valence-electron chi connectivity index (χ0n) is 13.5. The van der Waals surface area contributed by atoms with Crippen molar-refractivity contribution in [2.75, 3.05) is 25.0 Å². The van der Waals surface area contributed by atoms with Crippen LogP contribution in [0.4, 0.5) is 10.1 Å². The van der Waals surface area contributed by atoms with Crippen molar-refractivity contribution in [2.24, 2.45) is 0 Å². The molecule has 1 unspecified atom stereocenters. The van der Waals surface area contributed by atoms with E-state index in [-0.39, 0.29) is 17.8 Å². The van der Waals surface area contributed by atoms with Gasteiger partial charge >= 0.3 is 0 Å². The lowest BCUT2D eigenvalue weighted by atomic mass is 10.2. The van der Waals surface area contributed by atoms with Crippen molar-refractivity contribution < 1.29 is 18.8 Å². The summed E-state index contributed by atoms with van der Waals surface area (Å²) in [5.41, 5.74) is 0.493. The third-order valence-electron chi connectivity index (χ3n) is 4.06. The van der Waals surface area contributed by atoms with Gasteiger partial charge in [-0.3, -0.25) is 4.79 Å². The van der Waals surface area contributed by atoms with Crippen LogP contribution in [0.3, 0.4) is 0 Å². The van der Waals surface area contributed by atoms with Gasteiger partial charge in [0.1, 0.15) is 25.0 Å². The smallest absolute Gasteiger partial charge is 0.279 e. The zero-order chi connectivity index (χ0) is 16.8. The summed E-state index contributed by atoms with van der Waals surface area (Å²) in [7, 11) is 0. The first-order valence-corrected chi connectivity index (χ1v) is 9.10. The van der Waals surface area contributed by atoms with E-state index in [9.17, 15) is 9.18 Å². The van der Waals surface area contributed by atoms with Gasteiger partial charge < -0.3 is 15.0 Å². The molecule has 1 fully saturated rings.